The highest BCUT2D eigenvalue weighted by Crippen LogP contribution is 2.37. The molecule has 25 heavy (non-hydrogen) atoms. The summed E-state index contributed by atoms with van der Waals surface area (Å²) >= 11 is 0. The van der Waals surface area contributed by atoms with E-state index in [2.05, 4.69) is 5.10 Å². The number of esters is 1. The van der Waals surface area contributed by atoms with Crippen LogP contribution in [-0.2, 0) is 14.3 Å². The van der Waals surface area contributed by atoms with Crippen LogP contribution in [0, 0.1) is 0 Å². The predicted molar refractivity (Wildman–Crippen MR) is 93.6 cm³/mol. The van der Waals surface area contributed by atoms with Crippen molar-refractivity contribution in [2.75, 3.05) is 11.6 Å². The number of nitrogens with zero attached hydrogens (tertiary/aromatic N) is 2. The normalized spacial score (nSPS) is 18.4. The number of ketones is 2. The van der Waals surface area contributed by atoms with E-state index in [1.165, 1.54) is 12.2 Å². The number of hydrogen-bond acceptors (Lipinski definition) is 6. The van der Waals surface area contributed by atoms with Gasteiger partial charge < -0.3 is 4.74 Å². The molecule has 128 valence electrons. The van der Waals surface area contributed by atoms with Gasteiger partial charge in [0.2, 0.25) is 11.6 Å². The maximum Gasteiger partial charge on any atom is 0.338 e. The summed E-state index contributed by atoms with van der Waals surface area (Å²) < 4.78 is 4.98. The van der Waals surface area contributed by atoms with Gasteiger partial charge in [-0.15, -0.1) is 0 Å². The van der Waals surface area contributed by atoms with Gasteiger partial charge in [0.15, 0.2) is 0 Å². The standard InChI is InChI=1S/C19H18N2O4/c1-4-25-18(24)12-5-7-13(8-6-12)21-19(2,3)14-11-17(23)16(22)10-9-15(14)20-21/h5-11H,4H2,1-3H3. The van der Waals surface area contributed by atoms with Crippen molar-refractivity contribution in [3.05, 3.63) is 53.6 Å². The molecule has 3 rings (SSSR count). The predicted octanol–water partition coefficient (Wildman–Crippen LogP) is 2.45. The summed E-state index contributed by atoms with van der Waals surface area (Å²) in [4.78, 5) is 35.2. The molecule has 1 aromatic carbocycles. The lowest BCUT2D eigenvalue weighted by Crippen LogP contribution is -2.38. The van der Waals surface area contributed by atoms with Crippen LogP contribution in [-0.4, -0.2) is 35.4 Å². The average molecular weight is 338 g/mol. The quantitative estimate of drug-likeness (QED) is 0.625. The van der Waals surface area contributed by atoms with E-state index in [0.29, 0.717) is 23.5 Å². The highest BCUT2D eigenvalue weighted by atomic mass is 16.5. The van der Waals surface area contributed by atoms with Crippen molar-refractivity contribution < 1.29 is 19.1 Å². The first kappa shape index (κ1) is 16.8. The van der Waals surface area contributed by atoms with E-state index >= 15 is 0 Å². The molecule has 0 amide bonds. The van der Waals surface area contributed by atoms with E-state index in [-0.39, 0.29) is 5.97 Å². The van der Waals surface area contributed by atoms with Gasteiger partial charge in [-0.05, 0) is 63.3 Å². The molecule has 6 nitrogen and oxygen atoms in total. The first-order valence-electron chi connectivity index (χ1n) is 7.99. The van der Waals surface area contributed by atoms with E-state index in [0.717, 1.165) is 5.69 Å². The molecular formula is C19H18N2O4. The minimum absolute atomic E-state index is 0.320. The molecule has 0 unspecified atom stereocenters. The van der Waals surface area contributed by atoms with Crippen molar-refractivity contribution in [1.29, 1.82) is 0 Å². The number of carbonyl (C=O) groups excluding carboxylic acids is 3. The number of anilines is 1. The Hall–Kier alpha value is -3.02. The van der Waals surface area contributed by atoms with Crippen LogP contribution in [0.1, 0.15) is 31.1 Å². The molecule has 1 heterocycles. The molecule has 0 saturated heterocycles. The average Bonchev–Trinajstić information content (AvgIpc) is 2.73. The molecule has 6 heteroatoms. The smallest absolute Gasteiger partial charge is 0.338 e. The van der Waals surface area contributed by atoms with Crippen molar-refractivity contribution >= 4 is 28.9 Å². The Labute approximate surface area is 145 Å². The van der Waals surface area contributed by atoms with Gasteiger partial charge in [0.25, 0.3) is 0 Å². The summed E-state index contributed by atoms with van der Waals surface area (Å²) in [5.74, 6) is -1.48. The van der Waals surface area contributed by atoms with Crippen LogP contribution in [0.4, 0.5) is 5.69 Å². The number of hydrazone groups is 1. The number of hydrogen-bond donors (Lipinski definition) is 0. The molecule has 0 N–H and O–H groups in total. The molecule has 0 saturated carbocycles. The maximum absolute atomic E-state index is 11.9. The van der Waals surface area contributed by atoms with E-state index in [1.54, 1.807) is 42.3 Å². The van der Waals surface area contributed by atoms with Crippen molar-refractivity contribution in [3.63, 3.8) is 0 Å². The zero-order chi connectivity index (χ0) is 18.2. The number of ether oxygens (including phenoxy) is 1. The first-order valence-corrected chi connectivity index (χ1v) is 7.99. The monoisotopic (exact) mass is 338 g/mol. The van der Waals surface area contributed by atoms with Crippen molar-refractivity contribution in [2.45, 2.75) is 26.3 Å². The van der Waals surface area contributed by atoms with Gasteiger partial charge in [-0.3, -0.25) is 14.6 Å². The Morgan fingerprint density at radius 1 is 1.12 bits per heavy atom. The van der Waals surface area contributed by atoms with Gasteiger partial charge in [-0.2, -0.15) is 5.10 Å². The highest BCUT2D eigenvalue weighted by molar-refractivity contribution is 6.48. The van der Waals surface area contributed by atoms with Crippen LogP contribution in [0.2, 0.25) is 0 Å². The Bertz CT molecular complexity index is 845. The number of carbonyl (C=O) groups is 3. The third-order valence-corrected chi connectivity index (χ3v) is 4.21. The molecule has 0 aromatic heterocycles. The minimum Gasteiger partial charge on any atom is -0.462 e. The molecule has 0 fully saturated rings. The lowest BCUT2D eigenvalue weighted by molar-refractivity contribution is -0.130. The fourth-order valence-corrected chi connectivity index (χ4v) is 2.86. The van der Waals surface area contributed by atoms with E-state index in [9.17, 15) is 14.4 Å². The summed E-state index contributed by atoms with van der Waals surface area (Å²) in [6, 6.07) is 6.91. The number of fused-ring (bicyclic) bond motifs is 1. The van der Waals surface area contributed by atoms with Gasteiger partial charge in [-0.25, -0.2) is 4.79 Å². The van der Waals surface area contributed by atoms with Crippen LogP contribution in [0.15, 0.2) is 53.2 Å². The van der Waals surface area contributed by atoms with Crippen LogP contribution in [0.25, 0.3) is 0 Å². The fourth-order valence-electron chi connectivity index (χ4n) is 2.86. The molecule has 0 atom stereocenters. The van der Waals surface area contributed by atoms with Crippen LogP contribution < -0.4 is 5.01 Å². The fraction of sp³-hybridized carbons (Fsp3) is 0.263. The summed E-state index contributed by atoms with van der Waals surface area (Å²) in [5, 5.41) is 6.32. The SMILES string of the molecule is CCOC(=O)c1ccc(N2N=C3C=CC(=O)C(=O)C=C3C2(C)C)cc1. The maximum atomic E-state index is 11.9. The largest absolute Gasteiger partial charge is 0.462 e. The molecule has 2 aliphatic rings. The van der Waals surface area contributed by atoms with Gasteiger partial charge in [0.05, 0.1) is 29.1 Å². The molecule has 0 spiro atoms. The Morgan fingerprint density at radius 3 is 2.44 bits per heavy atom. The zero-order valence-corrected chi connectivity index (χ0v) is 14.3. The van der Waals surface area contributed by atoms with E-state index in [4.69, 9.17) is 4.74 Å². The van der Waals surface area contributed by atoms with Gasteiger partial charge in [0, 0.05) is 5.57 Å². The zero-order valence-electron chi connectivity index (χ0n) is 14.3. The van der Waals surface area contributed by atoms with Crippen molar-refractivity contribution in [2.24, 2.45) is 5.10 Å². The third kappa shape index (κ3) is 2.91. The molecule has 1 aromatic rings. The molecule has 0 radical (unpaired) electrons. The van der Waals surface area contributed by atoms with E-state index in [1.807, 2.05) is 13.8 Å². The second-order valence-electron chi connectivity index (χ2n) is 6.24. The Balaban J connectivity index is 1.96. The first-order chi connectivity index (χ1) is 11.8. The van der Waals surface area contributed by atoms with Gasteiger partial charge >= 0.3 is 5.97 Å². The lowest BCUT2D eigenvalue weighted by Gasteiger charge is -2.31. The molecule has 1 aliphatic carbocycles. The number of benzene rings is 1. The second kappa shape index (κ2) is 6.12. The molecule has 1 aliphatic heterocycles. The topological polar surface area (TPSA) is 76.0 Å². The highest BCUT2D eigenvalue weighted by Gasteiger charge is 2.40. The molecule has 0 bridgehead atoms. The Kier molecular flexibility index (Phi) is 4.12. The van der Waals surface area contributed by atoms with Crippen LogP contribution in [0.3, 0.4) is 0 Å². The third-order valence-electron chi connectivity index (χ3n) is 4.21. The van der Waals surface area contributed by atoms with Crippen molar-refractivity contribution in [3.8, 4) is 0 Å². The summed E-state index contributed by atoms with van der Waals surface area (Å²) in [7, 11) is 0. The van der Waals surface area contributed by atoms with Gasteiger partial charge in [0.1, 0.15) is 0 Å². The minimum atomic E-state index is -0.606. The summed E-state index contributed by atoms with van der Waals surface area (Å²) in [6.07, 6.45) is 4.16. The van der Waals surface area contributed by atoms with Gasteiger partial charge in [-0.1, -0.05) is 0 Å². The summed E-state index contributed by atoms with van der Waals surface area (Å²) in [6.45, 7) is 5.92. The number of allylic oxidation sites excluding steroid dienone is 3. The lowest BCUT2D eigenvalue weighted by atomic mass is 9.90. The van der Waals surface area contributed by atoms with Crippen LogP contribution in [0.5, 0.6) is 0 Å². The van der Waals surface area contributed by atoms with Crippen LogP contribution >= 0.6 is 0 Å². The number of rotatable bonds is 3. The molecular weight excluding hydrogens is 320 g/mol. The van der Waals surface area contributed by atoms with E-state index < -0.39 is 17.1 Å². The summed E-state index contributed by atoms with van der Waals surface area (Å²) in [5.41, 5.74) is 1.90. The Morgan fingerprint density at radius 2 is 1.80 bits per heavy atom. The second-order valence-corrected chi connectivity index (χ2v) is 6.24. The van der Waals surface area contributed by atoms with Crippen molar-refractivity contribution in [1.82, 2.24) is 0 Å².